The van der Waals surface area contributed by atoms with Gasteiger partial charge < -0.3 is 9.88 Å². The molecule has 0 bridgehead atoms. The second-order valence-electron chi connectivity index (χ2n) is 6.76. The van der Waals surface area contributed by atoms with Crippen LogP contribution in [0.25, 0.3) is 5.69 Å². The van der Waals surface area contributed by atoms with Gasteiger partial charge in [0.2, 0.25) is 0 Å². The first-order valence-corrected chi connectivity index (χ1v) is 11.0. The van der Waals surface area contributed by atoms with Gasteiger partial charge in [-0.05, 0) is 24.0 Å². The first-order chi connectivity index (χ1) is 14.8. The maximum absolute atomic E-state index is 12.9. The highest BCUT2D eigenvalue weighted by molar-refractivity contribution is 7.98. The molecule has 0 saturated carbocycles. The van der Waals surface area contributed by atoms with Crippen LogP contribution in [0.1, 0.15) is 21.9 Å². The fraction of sp³-hybridized carbons (Fsp3) is 0.174. The summed E-state index contributed by atoms with van der Waals surface area (Å²) in [7, 11) is 0. The molecule has 2 heterocycles. The van der Waals surface area contributed by atoms with Crippen LogP contribution in [0.4, 0.5) is 0 Å². The predicted octanol–water partition coefficient (Wildman–Crippen LogP) is 3.81. The van der Waals surface area contributed by atoms with Crippen LogP contribution < -0.4 is 5.32 Å². The Morgan fingerprint density at radius 2 is 1.77 bits per heavy atom. The molecule has 7 heteroatoms. The van der Waals surface area contributed by atoms with E-state index in [4.69, 9.17) is 0 Å². The van der Waals surface area contributed by atoms with E-state index in [1.54, 1.807) is 12.4 Å². The lowest BCUT2D eigenvalue weighted by atomic mass is 10.2. The molecule has 4 aromatic rings. The van der Waals surface area contributed by atoms with Gasteiger partial charge in [0, 0.05) is 37.6 Å². The number of amides is 1. The summed E-state index contributed by atoms with van der Waals surface area (Å²) in [6, 6.07) is 20.1. The molecule has 1 N–H and O–H groups in total. The van der Waals surface area contributed by atoms with E-state index in [1.165, 1.54) is 17.3 Å². The Hall–Kier alpha value is -3.32. The minimum atomic E-state index is -0.146. The normalized spacial score (nSPS) is 10.8. The van der Waals surface area contributed by atoms with E-state index >= 15 is 0 Å². The van der Waals surface area contributed by atoms with Crippen molar-refractivity contribution in [2.45, 2.75) is 18.1 Å². The zero-order valence-corrected chi connectivity index (χ0v) is 17.5. The van der Waals surface area contributed by atoms with Crippen molar-refractivity contribution in [2.24, 2.45) is 0 Å². The average molecular weight is 418 g/mol. The van der Waals surface area contributed by atoms with E-state index in [9.17, 15) is 4.79 Å². The number of para-hydroxylation sites is 1. The third-order valence-electron chi connectivity index (χ3n) is 4.79. The van der Waals surface area contributed by atoms with E-state index in [0.29, 0.717) is 18.7 Å². The van der Waals surface area contributed by atoms with Crippen LogP contribution in [0.2, 0.25) is 0 Å². The molecule has 2 aromatic heterocycles. The second-order valence-corrected chi connectivity index (χ2v) is 7.54. The van der Waals surface area contributed by atoms with Gasteiger partial charge >= 0.3 is 0 Å². The molecule has 2 aromatic carbocycles. The summed E-state index contributed by atoms with van der Waals surface area (Å²) in [6.45, 7) is 1.27. The highest BCUT2D eigenvalue weighted by Gasteiger charge is 2.17. The Kier molecular flexibility index (Phi) is 6.29. The molecule has 0 unspecified atom stereocenters. The molecule has 0 aliphatic rings. The third kappa shape index (κ3) is 4.46. The molecule has 30 heavy (non-hydrogen) atoms. The molecule has 0 radical (unpaired) electrons. The Balaban J connectivity index is 1.42. The standard InChI is InChI=1S/C23H23N5OS/c1-30-23-26-16-20(28(23)19-10-6-3-7-11-19)22(29)25-13-12-21-24-14-15-27(21)17-18-8-4-2-5-9-18/h2-11,14-16H,12-13,17H2,1H3,(H,25,29). The SMILES string of the molecule is CSc1ncc(C(=O)NCCc2nccn2Cc2ccccc2)n1-c1ccccc1. The van der Waals surface area contributed by atoms with E-state index in [-0.39, 0.29) is 5.91 Å². The number of nitrogens with one attached hydrogen (secondary N) is 1. The fourth-order valence-corrected chi connectivity index (χ4v) is 3.88. The predicted molar refractivity (Wildman–Crippen MR) is 119 cm³/mol. The first kappa shape index (κ1) is 20.0. The molecule has 0 aliphatic carbocycles. The van der Waals surface area contributed by atoms with Crippen molar-refractivity contribution in [3.63, 3.8) is 0 Å². The lowest BCUT2D eigenvalue weighted by molar-refractivity contribution is 0.0946. The van der Waals surface area contributed by atoms with Gasteiger partial charge in [-0.25, -0.2) is 9.97 Å². The zero-order valence-electron chi connectivity index (χ0n) is 16.7. The molecule has 0 atom stereocenters. The number of carbonyl (C=O) groups excluding carboxylic acids is 1. The molecular weight excluding hydrogens is 394 g/mol. The van der Waals surface area contributed by atoms with Gasteiger partial charge in [-0.3, -0.25) is 9.36 Å². The number of benzene rings is 2. The molecule has 152 valence electrons. The fourth-order valence-electron chi connectivity index (χ4n) is 3.34. The quantitative estimate of drug-likeness (QED) is 0.443. The van der Waals surface area contributed by atoms with Crippen molar-refractivity contribution in [2.75, 3.05) is 12.8 Å². The summed E-state index contributed by atoms with van der Waals surface area (Å²) in [5.74, 6) is 0.799. The Morgan fingerprint density at radius 1 is 1.03 bits per heavy atom. The molecule has 1 amide bonds. The van der Waals surface area contributed by atoms with E-state index in [1.807, 2.05) is 65.6 Å². The maximum Gasteiger partial charge on any atom is 0.269 e. The van der Waals surface area contributed by atoms with Crippen LogP contribution in [0, 0.1) is 0 Å². The number of carbonyl (C=O) groups is 1. The Bertz CT molecular complexity index is 1110. The van der Waals surface area contributed by atoms with Gasteiger partial charge in [0.25, 0.3) is 5.91 Å². The van der Waals surface area contributed by atoms with Gasteiger partial charge in [0.05, 0.1) is 6.20 Å². The Labute approximate surface area is 180 Å². The molecular formula is C23H23N5OS. The zero-order chi connectivity index (χ0) is 20.8. The number of aromatic nitrogens is 4. The summed E-state index contributed by atoms with van der Waals surface area (Å²) in [6.07, 6.45) is 8.01. The van der Waals surface area contributed by atoms with Crippen molar-refractivity contribution >= 4 is 17.7 Å². The lowest BCUT2D eigenvalue weighted by Gasteiger charge is -2.12. The number of thioether (sulfide) groups is 1. The number of imidazole rings is 2. The van der Waals surface area contributed by atoms with Crippen molar-refractivity contribution in [1.29, 1.82) is 0 Å². The van der Waals surface area contributed by atoms with Gasteiger partial charge in [-0.1, -0.05) is 60.3 Å². The van der Waals surface area contributed by atoms with Crippen LogP contribution in [0.15, 0.2) is 84.4 Å². The second kappa shape index (κ2) is 9.45. The van der Waals surface area contributed by atoms with Crippen molar-refractivity contribution in [1.82, 2.24) is 24.4 Å². The van der Waals surface area contributed by atoms with Crippen LogP contribution in [0.3, 0.4) is 0 Å². The summed E-state index contributed by atoms with van der Waals surface area (Å²) < 4.78 is 4.00. The molecule has 0 saturated heterocycles. The maximum atomic E-state index is 12.9. The minimum Gasteiger partial charge on any atom is -0.350 e. The topological polar surface area (TPSA) is 64.7 Å². The molecule has 0 aliphatic heterocycles. The van der Waals surface area contributed by atoms with E-state index < -0.39 is 0 Å². The van der Waals surface area contributed by atoms with Crippen LogP contribution in [-0.4, -0.2) is 37.8 Å². The number of nitrogens with zero attached hydrogens (tertiary/aromatic N) is 4. The lowest BCUT2D eigenvalue weighted by Crippen LogP contribution is -2.28. The average Bonchev–Trinajstić information content (AvgIpc) is 3.42. The first-order valence-electron chi connectivity index (χ1n) is 9.75. The number of hydrogen-bond donors (Lipinski definition) is 1. The van der Waals surface area contributed by atoms with Gasteiger partial charge in [0.1, 0.15) is 11.5 Å². The molecule has 6 nitrogen and oxygen atoms in total. The molecule has 0 spiro atoms. The summed E-state index contributed by atoms with van der Waals surface area (Å²) in [4.78, 5) is 21.7. The summed E-state index contributed by atoms with van der Waals surface area (Å²) in [5.41, 5.74) is 2.67. The van der Waals surface area contributed by atoms with E-state index in [2.05, 4.69) is 32.0 Å². The van der Waals surface area contributed by atoms with Crippen LogP contribution in [-0.2, 0) is 13.0 Å². The molecule has 4 rings (SSSR count). The summed E-state index contributed by atoms with van der Waals surface area (Å²) >= 11 is 1.51. The molecule has 0 fully saturated rings. The number of rotatable bonds is 8. The monoisotopic (exact) mass is 417 g/mol. The van der Waals surface area contributed by atoms with Gasteiger partial charge in [-0.2, -0.15) is 0 Å². The van der Waals surface area contributed by atoms with Gasteiger partial charge in [-0.15, -0.1) is 0 Å². The van der Waals surface area contributed by atoms with Gasteiger partial charge in [0.15, 0.2) is 5.16 Å². The van der Waals surface area contributed by atoms with Crippen LogP contribution >= 0.6 is 11.8 Å². The van der Waals surface area contributed by atoms with Crippen molar-refractivity contribution in [3.05, 3.63) is 96.3 Å². The third-order valence-corrected chi connectivity index (χ3v) is 5.44. The largest absolute Gasteiger partial charge is 0.350 e. The summed E-state index contributed by atoms with van der Waals surface area (Å²) in [5, 5.41) is 3.80. The van der Waals surface area contributed by atoms with E-state index in [0.717, 1.165) is 23.2 Å². The van der Waals surface area contributed by atoms with Crippen molar-refractivity contribution < 1.29 is 4.79 Å². The highest BCUT2D eigenvalue weighted by Crippen LogP contribution is 2.21. The highest BCUT2D eigenvalue weighted by atomic mass is 32.2. The smallest absolute Gasteiger partial charge is 0.269 e. The van der Waals surface area contributed by atoms with Crippen molar-refractivity contribution in [3.8, 4) is 5.69 Å². The Morgan fingerprint density at radius 3 is 2.50 bits per heavy atom. The van der Waals surface area contributed by atoms with Crippen LogP contribution in [0.5, 0.6) is 0 Å². The minimum absolute atomic E-state index is 0.146. The number of hydrogen-bond acceptors (Lipinski definition) is 4.